The van der Waals surface area contributed by atoms with Gasteiger partial charge in [0.05, 0.1) is 17.9 Å². The van der Waals surface area contributed by atoms with Crippen molar-refractivity contribution in [3.8, 4) is 11.5 Å². The van der Waals surface area contributed by atoms with E-state index in [2.05, 4.69) is 10.1 Å². The van der Waals surface area contributed by atoms with Gasteiger partial charge in [0.1, 0.15) is 17.2 Å². The van der Waals surface area contributed by atoms with Crippen molar-refractivity contribution >= 4 is 39.5 Å². The van der Waals surface area contributed by atoms with Crippen LogP contribution in [0.2, 0.25) is 0 Å². The fraction of sp³-hybridized carbons (Fsp3) is 0.385. The van der Waals surface area contributed by atoms with Gasteiger partial charge in [-0.15, -0.1) is 0 Å². The van der Waals surface area contributed by atoms with Crippen LogP contribution in [0.4, 0.5) is 5.69 Å². The number of nitrogens with one attached hydrogen (secondary N) is 1. The van der Waals surface area contributed by atoms with Crippen molar-refractivity contribution in [2.24, 2.45) is 5.14 Å². The molecule has 0 radical (unpaired) electrons. The largest absolute Gasteiger partial charge is 0.463 e. The lowest BCUT2D eigenvalue weighted by molar-refractivity contribution is -0.160. The first kappa shape index (κ1) is 32.0. The fourth-order valence-corrected chi connectivity index (χ4v) is 3.87. The predicted octanol–water partition coefficient (Wildman–Crippen LogP) is 2.06. The zero-order chi connectivity index (χ0) is 29.7. The summed E-state index contributed by atoms with van der Waals surface area (Å²) in [6, 6.07) is 10.8. The van der Waals surface area contributed by atoms with E-state index in [-0.39, 0.29) is 23.6 Å². The average Bonchev–Trinajstić information content (AvgIpc) is 2.91. The maximum Gasteiger partial charge on any atom is 0.344 e. The van der Waals surface area contributed by atoms with Gasteiger partial charge in [0.2, 0.25) is 10.0 Å². The van der Waals surface area contributed by atoms with E-state index in [1.165, 1.54) is 13.1 Å². The molecule has 2 aromatic rings. The highest BCUT2D eigenvalue weighted by Crippen LogP contribution is 2.37. The Morgan fingerprint density at radius 1 is 0.950 bits per heavy atom. The van der Waals surface area contributed by atoms with E-state index >= 15 is 0 Å². The normalized spacial score (nSPS) is 10.8. The molecule has 0 unspecified atom stereocenters. The van der Waals surface area contributed by atoms with E-state index in [1.807, 2.05) is 6.92 Å². The van der Waals surface area contributed by atoms with E-state index in [0.717, 1.165) is 23.8 Å². The highest BCUT2D eigenvalue weighted by Gasteiger charge is 2.25. The number of esters is 3. The molecule has 0 aliphatic carbocycles. The number of primary sulfonamides is 1. The van der Waals surface area contributed by atoms with E-state index in [1.54, 1.807) is 37.3 Å². The van der Waals surface area contributed by atoms with Crippen molar-refractivity contribution in [3.05, 3.63) is 48.0 Å². The van der Waals surface area contributed by atoms with Crippen LogP contribution in [-0.4, -0.2) is 77.1 Å². The first-order valence-electron chi connectivity index (χ1n) is 12.4. The van der Waals surface area contributed by atoms with Gasteiger partial charge in [0, 0.05) is 13.6 Å². The molecule has 0 aromatic heterocycles. The smallest absolute Gasteiger partial charge is 0.344 e. The van der Waals surface area contributed by atoms with Gasteiger partial charge in [-0.1, -0.05) is 31.5 Å². The number of para-hydroxylation sites is 1. The highest BCUT2D eigenvalue weighted by molar-refractivity contribution is 7.89. The quantitative estimate of drug-likeness (QED) is 0.179. The third-order valence-corrected chi connectivity index (χ3v) is 6.10. The topological polar surface area (TPSA) is 181 Å². The summed E-state index contributed by atoms with van der Waals surface area (Å²) in [7, 11) is -3.10. The Balaban J connectivity index is 2.19. The monoisotopic (exact) mass is 579 g/mol. The van der Waals surface area contributed by atoms with Crippen molar-refractivity contribution in [1.29, 1.82) is 0 Å². The molecule has 0 heterocycles. The minimum Gasteiger partial charge on any atom is -0.463 e. The number of nitrogens with two attached hydrogens (primary N) is 1. The van der Waals surface area contributed by atoms with E-state index in [4.69, 9.17) is 19.3 Å². The van der Waals surface area contributed by atoms with Crippen LogP contribution in [-0.2, 0) is 38.6 Å². The molecule has 0 aliphatic rings. The van der Waals surface area contributed by atoms with Gasteiger partial charge >= 0.3 is 17.9 Å². The van der Waals surface area contributed by atoms with Crippen LogP contribution in [0.15, 0.2) is 47.4 Å². The Bertz CT molecular complexity index is 1300. The van der Waals surface area contributed by atoms with Gasteiger partial charge in [0.25, 0.3) is 5.91 Å². The van der Waals surface area contributed by atoms with Crippen molar-refractivity contribution in [2.45, 2.75) is 31.6 Å². The van der Waals surface area contributed by atoms with Gasteiger partial charge < -0.3 is 29.2 Å². The average molecular weight is 580 g/mol. The summed E-state index contributed by atoms with van der Waals surface area (Å²) in [4.78, 5) is 48.8. The fourth-order valence-electron chi connectivity index (χ4n) is 3.16. The molecule has 0 atom stereocenters. The maximum absolute atomic E-state index is 12.8. The molecule has 0 aliphatic heterocycles. The SMILES string of the molecule is CCCCNc1cc(C(=O)OCC(=O)N(C)CC(=O)OCC(=O)OCC)cc(S(N)(=O)=O)c1Oc1ccccc1. The summed E-state index contributed by atoms with van der Waals surface area (Å²) in [5.41, 5.74) is -0.0173. The number of likely N-dealkylation sites (N-methyl/N-ethyl adjacent to an activating group) is 1. The molecule has 14 heteroatoms. The number of benzene rings is 2. The number of ether oxygens (including phenoxy) is 4. The van der Waals surface area contributed by atoms with Crippen LogP contribution in [0.1, 0.15) is 37.0 Å². The standard InChI is InChI=1S/C26H33N3O10S/c1-4-6-12-28-20-13-18(14-21(40(27,34)35)25(20)39-19-10-8-7-9-11-19)26(33)38-16-22(30)29(3)15-23(31)37-17-24(32)36-5-2/h7-11,13-14,28H,4-6,12,15-17H2,1-3H3,(H2,27,34,35). The highest BCUT2D eigenvalue weighted by atomic mass is 32.2. The van der Waals surface area contributed by atoms with Gasteiger partial charge in [-0.05, 0) is 37.6 Å². The van der Waals surface area contributed by atoms with Crippen molar-refractivity contribution in [1.82, 2.24) is 4.90 Å². The molecular formula is C26H33N3O10S. The number of nitrogens with zero attached hydrogens (tertiary/aromatic N) is 1. The zero-order valence-electron chi connectivity index (χ0n) is 22.5. The molecule has 1 amide bonds. The molecule has 13 nitrogen and oxygen atoms in total. The minimum atomic E-state index is -4.37. The second-order valence-electron chi connectivity index (χ2n) is 8.38. The van der Waals surface area contributed by atoms with Gasteiger partial charge in [-0.25, -0.2) is 23.1 Å². The van der Waals surface area contributed by atoms with Crippen LogP contribution < -0.4 is 15.2 Å². The molecule has 0 bridgehead atoms. The van der Waals surface area contributed by atoms with E-state index in [9.17, 15) is 27.6 Å². The minimum absolute atomic E-state index is 0.0986. The van der Waals surface area contributed by atoms with Gasteiger partial charge in [-0.3, -0.25) is 9.59 Å². The van der Waals surface area contributed by atoms with Crippen molar-refractivity contribution in [2.75, 3.05) is 45.3 Å². The first-order valence-corrected chi connectivity index (χ1v) is 13.9. The molecule has 0 saturated carbocycles. The summed E-state index contributed by atoms with van der Waals surface area (Å²) in [5, 5.41) is 8.51. The first-order chi connectivity index (χ1) is 19.0. The van der Waals surface area contributed by atoms with Crippen LogP contribution in [0.5, 0.6) is 11.5 Å². The number of unbranched alkanes of at least 4 members (excludes halogenated alkanes) is 1. The number of amides is 1. The third-order valence-electron chi connectivity index (χ3n) is 5.18. The molecule has 0 fully saturated rings. The zero-order valence-corrected chi connectivity index (χ0v) is 23.3. The molecule has 0 saturated heterocycles. The summed E-state index contributed by atoms with van der Waals surface area (Å²) in [5.74, 6) is -3.12. The Hall–Kier alpha value is -4.17. The lowest BCUT2D eigenvalue weighted by Gasteiger charge is -2.18. The molecular weight excluding hydrogens is 546 g/mol. The number of sulfonamides is 1. The van der Waals surface area contributed by atoms with Crippen LogP contribution >= 0.6 is 0 Å². The summed E-state index contributed by atoms with van der Waals surface area (Å²) in [6.45, 7) is 2.27. The number of carbonyl (C=O) groups excluding carboxylic acids is 4. The van der Waals surface area contributed by atoms with Crippen LogP contribution in [0.25, 0.3) is 0 Å². The number of rotatable bonds is 15. The summed E-state index contributed by atoms with van der Waals surface area (Å²) < 4.78 is 45.2. The lowest BCUT2D eigenvalue weighted by Crippen LogP contribution is -2.36. The second kappa shape index (κ2) is 15.4. The number of hydrogen-bond acceptors (Lipinski definition) is 11. The Labute approximate surface area is 232 Å². The predicted molar refractivity (Wildman–Crippen MR) is 143 cm³/mol. The molecule has 40 heavy (non-hydrogen) atoms. The number of carbonyl (C=O) groups is 4. The van der Waals surface area contributed by atoms with E-state index < -0.39 is 58.5 Å². The number of hydrogen-bond donors (Lipinski definition) is 2. The Morgan fingerprint density at radius 2 is 1.65 bits per heavy atom. The molecule has 2 aromatic carbocycles. The summed E-state index contributed by atoms with van der Waals surface area (Å²) >= 11 is 0. The molecule has 218 valence electrons. The van der Waals surface area contributed by atoms with Crippen LogP contribution in [0.3, 0.4) is 0 Å². The molecule has 0 spiro atoms. The maximum atomic E-state index is 12.8. The van der Waals surface area contributed by atoms with Crippen molar-refractivity contribution in [3.63, 3.8) is 0 Å². The third kappa shape index (κ3) is 10.2. The van der Waals surface area contributed by atoms with Gasteiger partial charge in [0.15, 0.2) is 19.0 Å². The van der Waals surface area contributed by atoms with Crippen molar-refractivity contribution < 1.29 is 46.5 Å². The number of anilines is 1. The van der Waals surface area contributed by atoms with Crippen LogP contribution in [0, 0.1) is 0 Å². The van der Waals surface area contributed by atoms with E-state index in [0.29, 0.717) is 12.3 Å². The molecule has 2 rings (SSSR count). The van der Waals surface area contributed by atoms with Gasteiger partial charge in [-0.2, -0.15) is 0 Å². The molecule has 3 N–H and O–H groups in total. The lowest BCUT2D eigenvalue weighted by atomic mass is 10.1. The Kier molecular flexibility index (Phi) is 12.4. The second-order valence-corrected chi connectivity index (χ2v) is 9.91. The Morgan fingerprint density at radius 3 is 2.27 bits per heavy atom. The summed E-state index contributed by atoms with van der Waals surface area (Å²) in [6.07, 6.45) is 1.59.